The van der Waals surface area contributed by atoms with Gasteiger partial charge in [0.1, 0.15) is 0 Å². The maximum atomic E-state index is 11.9. The van der Waals surface area contributed by atoms with E-state index in [2.05, 4.69) is 5.32 Å². The van der Waals surface area contributed by atoms with Gasteiger partial charge >= 0.3 is 5.97 Å². The molecule has 1 aromatic carbocycles. The Hall–Kier alpha value is -1.85. The third-order valence-electron chi connectivity index (χ3n) is 2.60. The number of carbonyl (C=O) groups is 2. The zero-order valence-electron chi connectivity index (χ0n) is 10.7. The van der Waals surface area contributed by atoms with Gasteiger partial charge in [-0.05, 0) is 24.3 Å². The molecule has 4 nitrogen and oxygen atoms in total. The normalized spacial score (nSPS) is 10.1. The lowest BCUT2D eigenvalue weighted by molar-refractivity contribution is 0.0477. The van der Waals surface area contributed by atoms with Crippen LogP contribution in [0.15, 0.2) is 36.4 Å². The van der Waals surface area contributed by atoms with Gasteiger partial charge in [-0.2, -0.15) is 0 Å². The smallest absolute Gasteiger partial charge is 0.340 e. The number of rotatable bonds is 5. The average molecular weight is 310 g/mol. The Bertz CT molecular complexity index is 639. The highest BCUT2D eigenvalue weighted by Gasteiger charge is 2.15. The van der Waals surface area contributed by atoms with Crippen molar-refractivity contribution in [1.29, 1.82) is 0 Å². The molecule has 0 aliphatic rings. The molecule has 6 heteroatoms. The Morgan fingerprint density at radius 2 is 2.00 bits per heavy atom. The van der Waals surface area contributed by atoms with Crippen molar-refractivity contribution in [1.82, 2.24) is 0 Å². The maximum absolute atomic E-state index is 11.9. The monoisotopic (exact) mass is 309 g/mol. The number of para-hydroxylation sites is 1. The third kappa shape index (κ3) is 3.37. The first kappa shape index (κ1) is 14.6. The summed E-state index contributed by atoms with van der Waals surface area (Å²) in [5.41, 5.74) is 1.05. The van der Waals surface area contributed by atoms with E-state index in [1.807, 2.05) is 0 Å². The molecule has 1 aromatic heterocycles. The molecule has 0 spiro atoms. The minimum absolute atomic E-state index is 0.266. The molecule has 1 heterocycles. The fourth-order valence-corrected chi connectivity index (χ4v) is 2.59. The molecule has 0 aliphatic carbocycles. The van der Waals surface area contributed by atoms with E-state index in [0.717, 1.165) is 11.3 Å². The Morgan fingerprint density at radius 3 is 2.65 bits per heavy atom. The van der Waals surface area contributed by atoms with Crippen LogP contribution in [-0.2, 0) is 4.74 Å². The first-order valence-electron chi connectivity index (χ1n) is 5.84. The molecule has 0 fully saturated rings. The lowest BCUT2D eigenvalue weighted by atomic mass is 10.2. The predicted octanol–water partition coefficient (Wildman–Crippen LogP) is 3.48. The van der Waals surface area contributed by atoms with Crippen molar-refractivity contribution >= 4 is 40.4 Å². The quantitative estimate of drug-likeness (QED) is 0.678. The summed E-state index contributed by atoms with van der Waals surface area (Å²) in [4.78, 5) is 24.2. The van der Waals surface area contributed by atoms with E-state index < -0.39 is 5.97 Å². The summed E-state index contributed by atoms with van der Waals surface area (Å²) in [6.07, 6.45) is 0. The van der Waals surface area contributed by atoms with Gasteiger partial charge in [0.2, 0.25) is 5.78 Å². The van der Waals surface area contributed by atoms with Crippen LogP contribution in [0, 0.1) is 0 Å². The highest BCUT2D eigenvalue weighted by atomic mass is 35.5. The summed E-state index contributed by atoms with van der Waals surface area (Å²) >= 11 is 6.92. The Labute approximate surface area is 125 Å². The molecular weight excluding hydrogens is 298 g/mol. The summed E-state index contributed by atoms with van der Waals surface area (Å²) < 4.78 is 5.56. The second-order valence-corrected chi connectivity index (χ2v) is 5.61. The highest BCUT2D eigenvalue weighted by molar-refractivity contribution is 7.18. The van der Waals surface area contributed by atoms with Crippen molar-refractivity contribution in [3.8, 4) is 0 Å². The number of thiophene rings is 1. The van der Waals surface area contributed by atoms with E-state index >= 15 is 0 Å². The van der Waals surface area contributed by atoms with Crippen molar-refractivity contribution in [2.75, 3.05) is 19.0 Å². The van der Waals surface area contributed by atoms with Crippen LogP contribution in [0.1, 0.15) is 20.0 Å². The molecule has 0 atom stereocenters. The highest BCUT2D eigenvalue weighted by Crippen LogP contribution is 2.22. The third-order valence-corrected chi connectivity index (χ3v) is 3.87. The van der Waals surface area contributed by atoms with Crippen LogP contribution in [0.2, 0.25) is 4.34 Å². The van der Waals surface area contributed by atoms with Crippen LogP contribution in [0.4, 0.5) is 5.69 Å². The van der Waals surface area contributed by atoms with E-state index in [1.54, 1.807) is 43.4 Å². The number of nitrogens with one attached hydrogen (secondary N) is 1. The standard InChI is InChI=1S/C14H12ClNO3S/c1-16-10-5-3-2-4-9(10)14(18)19-8-11(17)12-6-7-13(15)20-12/h2-7,16H,8H2,1H3. The number of halogens is 1. The van der Waals surface area contributed by atoms with Gasteiger partial charge in [-0.3, -0.25) is 4.79 Å². The first-order valence-corrected chi connectivity index (χ1v) is 7.03. The van der Waals surface area contributed by atoms with Gasteiger partial charge in [-0.15, -0.1) is 11.3 Å². The number of carbonyl (C=O) groups excluding carboxylic acids is 2. The van der Waals surface area contributed by atoms with Crippen LogP contribution in [0.5, 0.6) is 0 Å². The second kappa shape index (κ2) is 6.54. The number of hydrogen-bond acceptors (Lipinski definition) is 5. The van der Waals surface area contributed by atoms with Gasteiger partial charge in [0.05, 0.1) is 14.8 Å². The molecule has 0 aliphatic heterocycles. The first-order chi connectivity index (χ1) is 9.61. The molecule has 2 rings (SSSR count). The summed E-state index contributed by atoms with van der Waals surface area (Å²) in [6, 6.07) is 10.2. The lowest BCUT2D eigenvalue weighted by Crippen LogP contribution is -2.14. The molecule has 20 heavy (non-hydrogen) atoms. The number of esters is 1. The predicted molar refractivity (Wildman–Crippen MR) is 79.9 cm³/mol. The minimum Gasteiger partial charge on any atom is -0.454 e. The second-order valence-electron chi connectivity index (χ2n) is 3.90. The van der Waals surface area contributed by atoms with Gasteiger partial charge in [0, 0.05) is 12.7 Å². The lowest BCUT2D eigenvalue weighted by Gasteiger charge is -2.08. The SMILES string of the molecule is CNc1ccccc1C(=O)OCC(=O)c1ccc(Cl)s1. The molecular formula is C14H12ClNO3S. The van der Waals surface area contributed by atoms with Crippen LogP contribution in [0.3, 0.4) is 0 Å². The van der Waals surface area contributed by atoms with Crippen molar-refractivity contribution < 1.29 is 14.3 Å². The molecule has 0 bridgehead atoms. The van der Waals surface area contributed by atoms with Gasteiger partial charge in [-0.25, -0.2) is 4.79 Å². The number of ketones is 1. The number of hydrogen-bond donors (Lipinski definition) is 1. The molecule has 0 amide bonds. The number of benzene rings is 1. The van der Waals surface area contributed by atoms with Crippen LogP contribution >= 0.6 is 22.9 Å². The van der Waals surface area contributed by atoms with Gasteiger partial charge in [0.15, 0.2) is 6.61 Å². The van der Waals surface area contributed by atoms with Crippen LogP contribution < -0.4 is 5.32 Å². The van der Waals surface area contributed by atoms with Crippen LogP contribution in [-0.4, -0.2) is 25.4 Å². The number of Topliss-reactive ketones (excluding diaryl/α,β-unsaturated/α-hetero) is 1. The Kier molecular flexibility index (Phi) is 4.76. The molecule has 0 radical (unpaired) electrons. The molecule has 2 aromatic rings. The van der Waals surface area contributed by atoms with E-state index in [-0.39, 0.29) is 12.4 Å². The number of anilines is 1. The zero-order valence-corrected chi connectivity index (χ0v) is 12.3. The summed E-state index contributed by atoms with van der Waals surface area (Å²) in [5, 5.41) is 2.90. The van der Waals surface area contributed by atoms with E-state index in [9.17, 15) is 9.59 Å². The van der Waals surface area contributed by atoms with Crippen LogP contribution in [0.25, 0.3) is 0 Å². The van der Waals surface area contributed by atoms with Crippen molar-refractivity contribution in [3.05, 3.63) is 51.2 Å². The minimum atomic E-state index is -0.536. The maximum Gasteiger partial charge on any atom is 0.340 e. The van der Waals surface area contributed by atoms with E-state index in [0.29, 0.717) is 20.5 Å². The van der Waals surface area contributed by atoms with Crippen molar-refractivity contribution in [2.24, 2.45) is 0 Å². The topological polar surface area (TPSA) is 55.4 Å². The summed E-state index contributed by atoms with van der Waals surface area (Å²) in [5.74, 6) is -0.803. The molecule has 0 saturated carbocycles. The molecule has 1 N–H and O–H groups in total. The van der Waals surface area contributed by atoms with Gasteiger partial charge < -0.3 is 10.1 Å². The zero-order chi connectivity index (χ0) is 14.5. The fraction of sp³-hybridized carbons (Fsp3) is 0.143. The van der Waals surface area contributed by atoms with E-state index in [1.165, 1.54) is 0 Å². The molecule has 104 valence electrons. The fourth-order valence-electron chi connectivity index (χ4n) is 1.62. The molecule has 0 unspecified atom stereocenters. The summed E-state index contributed by atoms with van der Waals surface area (Å²) in [6.45, 7) is -0.298. The Morgan fingerprint density at radius 1 is 1.25 bits per heavy atom. The van der Waals surface area contributed by atoms with Gasteiger partial charge in [-0.1, -0.05) is 23.7 Å². The number of ether oxygens (including phenoxy) is 1. The summed E-state index contributed by atoms with van der Waals surface area (Å²) in [7, 11) is 1.71. The van der Waals surface area contributed by atoms with Crippen molar-refractivity contribution in [3.63, 3.8) is 0 Å². The average Bonchev–Trinajstić information content (AvgIpc) is 2.91. The van der Waals surface area contributed by atoms with Gasteiger partial charge in [0.25, 0.3) is 0 Å². The largest absolute Gasteiger partial charge is 0.454 e. The Balaban J connectivity index is 2.00. The van der Waals surface area contributed by atoms with Crippen molar-refractivity contribution in [2.45, 2.75) is 0 Å². The molecule has 0 saturated heterocycles. The van der Waals surface area contributed by atoms with E-state index in [4.69, 9.17) is 16.3 Å².